The van der Waals surface area contributed by atoms with Gasteiger partial charge in [-0.05, 0) is 36.5 Å². The summed E-state index contributed by atoms with van der Waals surface area (Å²) in [4.78, 5) is 4.82. The zero-order chi connectivity index (χ0) is 16.0. The fraction of sp³-hybridized carbons (Fsp3) is 0.333. The summed E-state index contributed by atoms with van der Waals surface area (Å²) in [6, 6.07) is 6.20. The van der Waals surface area contributed by atoms with Crippen LogP contribution in [-0.2, 0) is 7.05 Å². The van der Waals surface area contributed by atoms with Gasteiger partial charge in [-0.2, -0.15) is 5.10 Å². The van der Waals surface area contributed by atoms with Crippen molar-refractivity contribution in [1.82, 2.24) is 14.8 Å². The molecule has 1 aromatic carbocycles. The van der Waals surface area contributed by atoms with Crippen LogP contribution in [0.25, 0.3) is 22.2 Å². The lowest BCUT2D eigenvalue weighted by Gasteiger charge is -2.13. The largest absolute Gasteiger partial charge is 0.493 e. The number of rotatable bonds is 4. The van der Waals surface area contributed by atoms with E-state index in [2.05, 4.69) is 11.2 Å². The zero-order valence-corrected chi connectivity index (χ0v) is 13.5. The Morgan fingerprint density at radius 1 is 1.09 bits per heavy atom. The molecule has 1 saturated carbocycles. The second kappa shape index (κ2) is 5.26. The summed E-state index contributed by atoms with van der Waals surface area (Å²) in [5.74, 6) is 2.07. The van der Waals surface area contributed by atoms with Crippen molar-refractivity contribution < 1.29 is 9.47 Å². The summed E-state index contributed by atoms with van der Waals surface area (Å²) >= 11 is 0. The Morgan fingerprint density at radius 2 is 1.83 bits per heavy atom. The third kappa shape index (κ3) is 2.42. The summed E-state index contributed by atoms with van der Waals surface area (Å²) in [5, 5.41) is 5.41. The topological polar surface area (TPSA) is 49.2 Å². The average Bonchev–Trinajstić information content (AvgIpc) is 3.33. The zero-order valence-electron chi connectivity index (χ0n) is 13.5. The van der Waals surface area contributed by atoms with Gasteiger partial charge in [-0.1, -0.05) is 0 Å². The molecule has 1 aliphatic rings. The number of fused-ring (bicyclic) bond motifs is 1. The molecule has 1 fully saturated rings. The Balaban J connectivity index is 1.97. The number of pyridine rings is 1. The Hall–Kier alpha value is -2.56. The molecule has 0 radical (unpaired) electrons. The van der Waals surface area contributed by atoms with Crippen molar-refractivity contribution in [1.29, 1.82) is 0 Å². The molecule has 0 atom stereocenters. The van der Waals surface area contributed by atoms with Gasteiger partial charge in [0.2, 0.25) is 0 Å². The normalized spacial score (nSPS) is 14.2. The van der Waals surface area contributed by atoms with E-state index >= 15 is 0 Å². The highest BCUT2D eigenvalue weighted by Gasteiger charge is 2.27. The Morgan fingerprint density at radius 3 is 2.43 bits per heavy atom. The van der Waals surface area contributed by atoms with Crippen LogP contribution in [0, 0.1) is 0 Å². The van der Waals surface area contributed by atoms with Gasteiger partial charge in [0.05, 0.1) is 31.6 Å². The molecule has 0 spiro atoms. The smallest absolute Gasteiger partial charge is 0.162 e. The molecular weight excluding hydrogens is 290 g/mol. The molecule has 2 aromatic heterocycles. The number of methoxy groups -OCH3 is 2. The lowest BCUT2D eigenvalue weighted by molar-refractivity contribution is 0.356. The van der Waals surface area contributed by atoms with Crippen molar-refractivity contribution in [2.75, 3.05) is 14.2 Å². The predicted molar refractivity (Wildman–Crippen MR) is 89.0 cm³/mol. The van der Waals surface area contributed by atoms with Crippen molar-refractivity contribution in [3.63, 3.8) is 0 Å². The molecule has 0 amide bonds. The molecule has 118 valence electrons. The van der Waals surface area contributed by atoms with Gasteiger partial charge in [0.15, 0.2) is 11.5 Å². The van der Waals surface area contributed by atoms with Crippen molar-refractivity contribution in [3.8, 4) is 22.8 Å². The van der Waals surface area contributed by atoms with Crippen molar-refractivity contribution >= 4 is 10.9 Å². The lowest BCUT2D eigenvalue weighted by Crippen LogP contribution is -1.95. The van der Waals surface area contributed by atoms with Gasteiger partial charge < -0.3 is 9.47 Å². The van der Waals surface area contributed by atoms with Gasteiger partial charge in [0, 0.05) is 30.3 Å². The van der Waals surface area contributed by atoms with E-state index in [1.807, 2.05) is 31.6 Å². The molecule has 0 unspecified atom stereocenters. The number of nitrogens with zero attached hydrogens (tertiary/aromatic N) is 3. The molecule has 5 heteroatoms. The Kier molecular flexibility index (Phi) is 3.22. The van der Waals surface area contributed by atoms with E-state index in [9.17, 15) is 0 Å². The minimum absolute atomic E-state index is 0.619. The molecule has 4 rings (SSSR count). The summed E-state index contributed by atoms with van der Waals surface area (Å²) in [6.07, 6.45) is 6.32. The minimum atomic E-state index is 0.619. The number of ether oxygens (including phenoxy) is 2. The van der Waals surface area contributed by atoms with Gasteiger partial charge in [-0.25, -0.2) is 4.98 Å². The molecule has 0 saturated heterocycles. The second-order valence-electron chi connectivity index (χ2n) is 6.00. The van der Waals surface area contributed by atoms with Gasteiger partial charge in [0.25, 0.3) is 0 Å². The van der Waals surface area contributed by atoms with E-state index in [0.717, 1.165) is 27.9 Å². The number of hydrogen-bond acceptors (Lipinski definition) is 4. The average molecular weight is 309 g/mol. The van der Waals surface area contributed by atoms with Crippen molar-refractivity contribution in [3.05, 3.63) is 36.2 Å². The van der Waals surface area contributed by atoms with Gasteiger partial charge in [-0.15, -0.1) is 0 Å². The summed E-state index contributed by atoms with van der Waals surface area (Å²) in [7, 11) is 5.23. The van der Waals surface area contributed by atoms with E-state index in [0.29, 0.717) is 11.7 Å². The molecule has 23 heavy (non-hydrogen) atoms. The predicted octanol–water partition coefficient (Wildman–Crippen LogP) is 3.53. The van der Waals surface area contributed by atoms with Crippen LogP contribution in [0.2, 0.25) is 0 Å². The Labute approximate surface area is 134 Å². The summed E-state index contributed by atoms with van der Waals surface area (Å²) in [5.41, 5.74) is 4.27. The van der Waals surface area contributed by atoms with Gasteiger partial charge >= 0.3 is 0 Å². The molecular formula is C18H19N3O2. The fourth-order valence-corrected chi connectivity index (χ4v) is 3.01. The van der Waals surface area contributed by atoms with Crippen LogP contribution in [0.5, 0.6) is 11.5 Å². The number of benzene rings is 1. The first-order valence-electron chi connectivity index (χ1n) is 7.75. The maximum absolute atomic E-state index is 5.45. The quantitative estimate of drug-likeness (QED) is 0.740. The van der Waals surface area contributed by atoms with Crippen LogP contribution in [0.1, 0.15) is 24.3 Å². The molecule has 2 heterocycles. The van der Waals surface area contributed by atoms with Crippen LogP contribution in [0.15, 0.2) is 30.6 Å². The highest BCUT2D eigenvalue weighted by atomic mass is 16.5. The van der Waals surface area contributed by atoms with Crippen LogP contribution in [0.4, 0.5) is 0 Å². The molecule has 1 aliphatic carbocycles. The standard InChI is InChI=1S/C18H19N3O2/c1-21-10-12(9-19-21)15-6-13(11-4-5-11)14-7-17(22-2)18(23-3)8-16(14)20-15/h6-11H,4-5H2,1-3H3. The number of hydrogen-bond donors (Lipinski definition) is 0. The van der Waals surface area contributed by atoms with Crippen molar-refractivity contribution in [2.24, 2.45) is 7.05 Å². The maximum Gasteiger partial charge on any atom is 0.162 e. The Bertz CT molecular complexity index is 881. The molecule has 0 bridgehead atoms. The van der Waals surface area contributed by atoms with E-state index in [1.165, 1.54) is 18.4 Å². The SMILES string of the molecule is COc1cc2nc(-c3cnn(C)c3)cc(C3CC3)c2cc1OC. The summed E-state index contributed by atoms with van der Waals surface area (Å²) in [6.45, 7) is 0. The van der Waals surface area contributed by atoms with Gasteiger partial charge in [0.1, 0.15) is 0 Å². The number of aromatic nitrogens is 3. The first kappa shape index (κ1) is 14.1. The van der Waals surface area contributed by atoms with Crippen LogP contribution < -0.4 is 9.47 Å². The minimum Gasteiger partial charge on any atom is -0.493 e. The maximum atomic E-state index is 5.45. The first-order chi connectivity index (χ1) is 11.2. The van der Waals surface area contributed by atoms with Crippen LogP contribution in [0.3, 0.4) is 0 Å². The van der Waals surface area contributed by atoms with Crippen LogP contribution in [-0.4, -0.2) is 29.0 Å². The second-order valence-corrected chi connectivity index (χ2v) is 6.00. The third-order valence-corrected chi connectivity index (χ3v) is 4.36. The molecule has 5 nitrogen and oxygen atoms in total. The number of aryl methyl sites for hydroxylation is 1. The van der Waals surface area contributed by atoms with Gasteiger partial charge in [-0.3, -0.25) is 4.68 Å². The summed E-state index contributed by atoms with van der Waals surface area (Å²) < 4.78 is 12.7. The highest BCUT2D eigenvalue weighted by molar-refractivity contribution is 5.89. The van der Waals surface area contributed by atoms with E-state index in [-0.39, 0.29) is 0 Å². The van der Waals surface area contributed by atoms with Crippen molar-refractivity contribution in [2.45, 2.75) is 18.8 Å². The molecule has 0 aliphatic heterocycles. The monoisotopic (exact) mass is 309 g/mol. The van der Waals surface area contributed by atoms with E-state index in [4.69, 9.17) is 14.5 Å². The third-order valence-electron chi connectivity index (χ3n) is 4.36. The molecule has 3 aromatic rings. The van der Waals surface area contributed by atoms with E-state index < -0.39 is 0 Å². The fourth-order valence-electron chi connectivity index (χ4n) is 3.01. The van der Waals surface area contributed by atoms with E-state index in [1.54, 1.807) is 18.9 Å². The molecule has 0 N–H and O–H groups in total. The first-order valence-corrected chi connectivity index (χ1v) is 7.75. The lowest BCUT2D eigenvalue weighted by atomic mass is 10.0. The highest BCUT2D eigenvalue weighted by Crippen LogP contribution is 2.45. The van der Waals surface area contributed by atoms with Crippen LogP contribution >= 0.6 is 0 Å².